The molecule has 11 rings (SSSR count). The van der Waals surface area contributed by atoms with E-state index >= 15 is 0 Å². The first-order chi connectivity index (χ1) is 27.5. The van der Waals surface area contributed by atoms with E-state index in [1.54, 1.807) is 0 Å². The molecule has 3 heteroatoms. The minimum Gasteiger partial charge on any atom is -0.456 e. The van der Waals surface area contributed by atoms with Crippen LogP contribution in [0.1, 0.15) is 25.0 Å². The highest BCUT2D eigenvalue weighted by Crippen LogP contribution is 2.52. The van der Waals surface area contributed by atoms with Crippen LogP contribution in [0.4, 0.5) is 0 Å². The predicted octanol–water partition coefficient (Wildman–Crippen LogP) is 14.2. The number of nitrogens with zero attached hydrogens (tertiary/aromatic N) is 2. The average molecular weight is 717 g/mol. The van der Waals surface area contributed by atoms with Crippen LogP contribution in [0.15, 0.2) is 186 Å². The van der Waals surface area contributed by atoms with Gasteiger partial charge in [-0.2, -0.15) is 0 Å². The molecule has 0 amide bonds. The molecule has 0 N–H and O–H groups in total. The minimum atomic E-state index is -0.124. The van der Waals surface area contributed by atoms with Crippen molar-refractivity contribution in [3.05, 3.63) is 193 Å². The van der Waals surface area contributed by atoms with E-state index in [2.05, 4.69) is 178 Å². The third kappa shape index (κ3) is 5.12. The monoisotopic (exact) mass is 716 g/mol. The van der Waals surface area contributed by atoms with Crippen LogP contribution in [0.3, 0.4) is 0 Å². The van der Waals surface area contributed by atoms with Crippen LogP contribution in [-0.4, -0.2) is 9.97 Å². The lowest BCUT2D eigenvalue weighted by Gasteiger charge is -2.21. The quantitative estimate of drug-likeness (QED) is 0.178. The summed E-state index contributed by atoms with van der Waals surface area (Å²) in [6.45, 7) is 4.65. The highest BCUT2D eigenvalue weighted by Gasteiger charge is 2.36. The zero-order chi connectivity index (χ0) is 37.4. The molecule has 10 aromatic rings. The number of fused-ring (bicyclic) bond motifs is 7. The molecular formula is C53H36N2O. The molecule has 0 bridgehead atoms. The zero-order valence-corrected chi connectivity index (χ0v) is 31.1. The summed E-state index contributed by atoms with van der Waals surface area (Å²) in [4.78, 5) is 10.7. The average Bonchev–Trinajstić information content (AvgIpc) is 3.75. The van der Waals surface area contributed by atoms with Crippen LogP contribution >= 0.6 is 0 Å². The van der Waals surface area contributed by atoms with Crippen molar-refractivity contribution in [3.8, 4) is 67.3 Å². The normalized spacial score (nSPS) is 13.0. The number of hydrogen-bond donors (Lipinski definition) is 0. The first-order valence-corrected chi connectivity index (χ1v) is 19.2. The largest absolute Gasteiger partial charge is 0.456 e. The van der Waals surface area contributed by atoms with Gasteiger partial charge in [0.05, 0.1) is 11.4 Å². The standard InChI is InChI=1S/C53H36N2O/c1-53(2)44-22-10-8-18-41(44)50-42(21-12-23-45(50)53)47-32-46(54-52(55-47)34-15-4-3-5-16-34)39-30-37(36-27-26-33-14-6-7-17-35(33)28-36)29-38(31-39)40-20-13-25-49-51(40)43-19-9-11-24-48(43)56-49/h3-32H,1-2H3. The van der Waals surface area contributed by atoms with E-state index in [-0.39, 0.29) is 5.41 Å². The molecule has 0 spiro atoms. The Hall–Kier alpha value is -7.10. The smallest absolute Gasteiger partial charge is 0.160 e. The summed E-state index contributed by atoms with van der Waals surface area (Å²) in [6, 6.07) is 64.9. The van der Waals surface area contributed by atoms with Crippen LogP contribution in [-0.2, 0) is 5.41 Å². The van der Waals surface area contributed by atoms with Crippen LogP contribution in [0.2, 0.25) is 0 Å². The van der Waals surface area contributed by atoms with E-state index in [4.69, 9.17) is 14.4 Å². The lowest BCUT2D eigenvalue weighted by molar-refractivity contribution is 0.660. The molecule has 0 saturated carbocycles. The van der Waals surface area contributed by atoms with Crippen molar-refractivity contribution in [2.45, 2.75) is 19.3 Å². The van der Waals surface area contributed by atoms with E-state index in [1.807, 2.05) is 18.2 Å². The molecule has 3 nitrogen and oxygen atoms in total. The number of para-hydroxylation sites is 1. The van der Waals surface area contributed by atoms with Gasteiger partial charge in [-0.15, -0.1) is 0 Å². The fourth-order valence-corrected chi connectivity index (χ4v) is 8.90. The van der Waals surface area contributed by atoms with Gasteiger partial charge in [-0.05, 0) is 97.7 Å². The molecule has 56 heavy (non-hydrogen) atoms. The molecule has 264 valence electrons. The number of furan rings is 1. The number of benzene rings is 8. The Morgan fingerprint density at radius 3 is 1.98 bits per heavy atom. The highest BCUT2D eigenvalue weighted by molar-refractivity contribution is 6.12. The molecule has 1 aliphatic carbocycles. The lowest BCUT2D eigenvalue weighted by atomic mass is 9.82. The van der Waals surface area contributed by atoms with Crippen molar-refractivity contribution in [1.29, 1.82) is 0 Å². The summed E-state index contributed by atoms with van der Waals surface area (Å²) >= 11 is 0. The molecule has 0 atom stereocenters. The first-order valence-electron chi connectivity index (χ1n) is 19.2. The van der Waals surface area contributed by atoms with E-state index in [9.17, 15) is 0 Å². The molecule has 8 aromatic carbocycles. The lowest BCUT2D eigenvalue weighted by Crippen LogP contribution is -2.14. The van der Waals surface area contributed by atoms with Crippen LogP contribution < -0.4 is 0 Å². The summed E-state index contributed by atoms with van der Waals surface area (Å²) in [5.41, 5.74) is 16.2. The molecular weight excluding hydrogens is 681 g/mol. The fraction of sp³-hybridized carbons (Fsp3) is 0.0566. The van der Waals surface area contributed by atoms with E-state index in [0.29, 0.717) is 5.82 Å². The topological polar surface area (TPSA) is 38.9 Å². The Morgan fingerprint density at radius 1 is 0.411 bits per heavy atom. The summed E-state index contributed by atoms with van der Waals surface area (Å²) in [5.74, 6) is 0.696. The van der Waals surface area contributed by atoms with Crippen molar-refractivity contribution >= 4 is 32.7 Å². The second-order valence-electron chi connectivity index (χ2n) is 15.4. The Balaban J connectivity index is 1.18. The summed E-state index contributed by atoms with van der Waals surface area (Å²) in [7, 11) is 0. The van der Waals surface area contributed by atoms with Crippen molar-refractivity contribution < 1.29 is 4.42 Å². The Labute approximate surface area is 325 Å². The Bertz CT molecular complexity index is 3170. The van der Waals surface area contributed by atoms with Crippen molar-refractivity contribution in [2.24, 2.45) is 0 Å². The summed E-state index contributed by atoms with van der Waals surface area (Å²) < 4.78 is 6.38. The van der Waals surface area contributed by atoms with Gasteiger partial charge in [0.1, 0.15) is 11.2 Å². The van der Waals surface area contributed by atoms with Gasteiger partial charge in [0, 0.05) is 32.9 Å². The second kappa shape index (κ2) is 12.5. The maximum Gasteiger partial charge on any atom is 0.160 e. The van der Waals surface area contributed by atoms with Crippen LogP contribution in [0.5, 0.6) is 0 Å². The van der Waals surface area contributed by atoms with Crippen molar-refractivity contribution in [3.63, 3.8) is 0 Å². The minimum absolute atomic E-state index is 0.124. The van der Waals surface area contributed by atoms with Crippen molar-refractivity contribution in [2.75, 3.05) is 0 Å². The van der Waals surface area contributed by atoms with Crippen molar-refractivity contribution in [1.82, 2.24) is 9.97 Å². The molecule has 0 aliphatic heterocycles. The van der Waals surface area contributed by atoms with Gasteiger partial charge in [-0.1, -0.05) is 153 Å². The molecule has 0 saturated heterocycles. The number of rotatable bonds is 5. The van der Waals surface area contributed by atoms with E-state index in [0.717, 1.165) is 72.3 Å². The molecule has 0 fully saturated rings. The molecule has 2 heterocycles. The summed E-state index contributed by atoms with van der Waals surface area (Å²) in [6.07, 6.45) is 0. The van der Waals surface area contributed by atoms with Gasteiger partial charge in [0.15, 0.2) is 5.82 Å². The second-order valence-corrected chi connectivity index (χ2v) is 15.4. The molecule has 2 aromatic heterocycles. The molecule has 0 unspecified atom stereocenters. The van der Waals surface area contributed by atoms with Gasteiger partial charge in [-0.25, -0.2) is 9.97 Å². The molecule has 0 radical (unpaired) electrons. The van der Waals surface area contributed by atoms with Crippen LogP contribution in [0, 0.1) is 0 Å². The maximum atomic E-state index is 6.38. The van der Waals surface area contributed by atoms with E-state index in [1.165, 1.54) is 33.0 Å². The summed E-state index contributed by atoms with van der Waals surface area (Å²) in [5, 5.41) is 4.64. The first kappa shape index (κ1) is 32.3. The molecule has 1 aliphatic rings. The third-order valence-corrected chi connectivity index (χ3v) is 11.7. The highest BCUT2D eigenvalue weighted by atomic mass is 16.3. The Kier molecular flexibility index (Phi) is 7.20. The Morgan fingerprint density at radius 2 is 1.07 bits per heavy atom. The predicted molar refractivity (Wildman–Crippen MR) is 232 cm³/mol. The maximum absolute atomic E-state index is 6.38. The SMILES string of the molecule is CC1(C)c2ccccc2-c2c(-c3cc(-c4cc(-c5ccc6ccccc6c5)cc(-c5cccc6oc7ccccc7c56)c4)nc(-c4ccccc4)n3)cccc21. The van der Waals surface area contributed by atoms with E-state index < -0.39 is 0 Å². The van der Waals surface area contributed by atoms with Crippen LogP contribution in [0.25, 0.3) is 100.0 Å². The van der Waals surface area contributed by atoms with Gasteiger partial charge in [0.25, 0.3) is 0 Å². The number of hydrogen-bond acceptors (Lipinski definition) is 3. The van der Waals surface area contributed by atoms with Gasteiger partial charge in [-0.3, -0.25) is 0 Å². The van der Waals surface area contributed by atoms with Gasteiger partial charge in [0.2, 0.25) is 0 Å². The fourth-order valence-electron chi connectivity index (χ4n) is 8.90. The van der Waals surface area contributed by atoms with Gasteiger partial charge >= 0.3 is 0 Å². The number of aromatic nitrogens is 2. The zero-order valence-electron chi connectivity index (χ0n) is 31.1. The third-order valence-electron chi connectivity index (χ3n) is 11.7. The van der Waals surface area contributed by atoms with Gasteiger partial charge < -0.3 is 4.42 Å².